The van der Waals surface area contributed by atoms with Gasteiger partial charge in [-0.2, -0.15) is 0 Å². The third-order valence-corrected chi connectivity index (χ3v) is 6.58. The van der Waals surface area contributed by atoms with Crippen LogP contribution in [-0.2, 0) is 26.0 Å². The van der Waals surface area contributed by atoms with Gasteiger partial charge in [0.1, 0.15) is 11.5 Å². The number of anilines is 2. The molecule has 2 N–H and O–H groups in total. The summed E-state index contributed by atoms with van der Waals surface area (Å²) in [6.07, 6.45) is 0.538. The Hall–Kier alpha value is -3.11. The summed E-state index contributed by atoms with van der Waals surface area (Å²) in [6.45, 7) is 6.57. The molecular formula is C23H29N3O6S. The molecule has 10 heteroatoms. The van der Waals surface area contributed by atoms with Crippen LogP contribution in [0.5, 0.6) is 11.5 Å². The van der Waals surface area contributed by atoms with Gasteiger partial charge in [-0.05, 0) is 56.2 Å². The number of carbonyl (C=O) groups excluding carboxylic acids is 2. The minimum absolute atomic E-state index is 0.0628. The van der Waals surface area contributed by atoms with Gasteiger partial charge in [0.05, 0.1) is 23.8 Å². The lowest BCUT2D eigenvalue weighted by Gasteiger charge is -2.15. The van der Waals surface area contributed by atoms with E-state index in [0.29, 0.717) is 43.4 Å². The van der Waals surface area contributed by atoms with Crippen LogP contribution in [0.3, 0.4) is 0 Å². The van der Waals surface area contributed by atoms with E-state index in [1.165, 1.54) is 13.0 Å². The highest BCUT2D eigenvalue weighted by Gasteiger charge is 2.24. The van der Waals surface area contributed by atoms with Crippen molar-refractivity contribution in [2.75, 3.05) is 36.5 Å². The van der Waals surface area contributed by atoms with Gasteiger partial charge in [-0.1, -0.05) is 0 Å². The lowest BCUT2D eigenvalue weighted by atomic mass is 10.2. The predicted octanol–water partition coefficient (Wildman–Crippen LogP) is 2.70. The van der Waals surface area contributed by atoms with E-state index in [1.807, 2.05) is 13.8 Å². The molecular weight excluding hydrogens is 446 g/mol. The van der Waals surface area contributed by atoms with Crippen LogP contribution in [0.4, 0.5) is 11.4 Å². The Bertz CT molecular complexity index is 1130. The standard InChI is InChI=1S/C23H29N3O6S/c1-4-31-18-6-9-22(32-5-2)20(15-18)25-23(28)10-12-24-33(29,30)19-7-8-21-17(14-19)11-13-26(21)16(3)27/h6-9,14-15,24H,4-5,10-13H2,1-3H3,(H,25,28). The molecule has 0 fully saturated rings. The van der Waals surface area contributed by atoms with Gasteiger partial charge in [-0.3, -0.25) is 9.59 Å². The molecule has 0 spiro atoms. The van der Waals surface area contributed by atoms with E-state index < -0.39 is 10.0 Å². The van der Waals surface area contributed by atoms with Crippen molar-refractivity contribution in [2.24, 2.45) is 0 Å². The van der Waals surface area contributed by atoms with E-state index in [9.17, 15) is 18.0 Å². The van der Waals surface area contributed by atoms with Gasteiger partial charge in [-0.25, -0.2) is 13.1 Å². The zero-order chi connectivity index (χ0) is 24.0. The number of hydrogen-bond donors (Lipinski definition) is 2. The summed E-state index contributed by atoms with van der Waals surface area (Å²) in [7, 11) is -3.80. The molecule has 3 rings (SSSR count). The monoisotopic (exact) mass is 475 g/mol. The van der Waals surface area contributed by atoms with Crippen molar-refractivity contribution < 1.29 is 27.5 Å². The Morgan fingerprint density at radius 2 is 1.82 bits per heavy atom. The van der Waals surface area contributed by atoms with Crippen LogP contribution in [0, 0.1) is 0 Å². The minimum Gasteiger partial charge on any atom is -0.494 e. The van der Waals surface area contributed by atoms with Crippen LogP contribution < -0.4 is 24.4 Å². The van der Waals surface area contributed by atoms with Gasteiger partial charge >= 0.3 is 0 Å². The first kappa shape index (κ1) is 24.5. The van der Waals surface area contributed by atoms with Crippen LogP contribution in [0.25, 0.3) is 0 Å². The Morgan fingerprint density at radius 1 is 1.06 bits per heavy atom. The van der Waals surface area contributed by atoms with Gasteiger partial charge in [-0.15, -0.1) is 0 Å². The number of hydrogen-bond acceptors (Lipinski definition) is 6. The largest absolute Gasteiger partial charge is 0.494 e. The first-order valence-corrected chi connectivity index (χ1v) is 12.3. The molecule has 0 unspecified atom stereocenters. The first-order chi connectivity index (χ1) is 15.7. The highest BCUT2D eigenvalue weighted by molar-refractivity contribution is 7.89. The Labute approximate surface area is 194 Å². The number of sulfonamides is 1. The van der Waals surface area contributed by atoms with E-state index in [2.05, 4.69) is 10.0 Å². The van der Waals surface area contributed by atoms with Crippen molar-refractivity contribution in [1.29, 1.82) is 0 Å². The minimum atomic E-state index is -3.80. The normalized spacial score (nSPS) is 12.9. The lowest BCUT2D eigenvalue weighted by Crippen LogP contribution is -2.28. The molecule has 0 atom stereocenters. The Kier molecular flexibility index (Phi) is 7.93. The topological polar surface area (TPSA) is 114 Å². The van der Waals surface area contributed by atoms with Crippen molar-refractivity contribution in [3.63, 3.8) is 0 Å². The summed E-state index contributed by atoms with van der Waals surface area (Å²) < 4.78 is 38.8. The fraction of sp³-hybridized carbons (Fsp3) is 0.391. The molecule has 0 aliphatic carbocycles. The summed E-state index contributed by atoms with van der Waals surface area (Å²) in [4.78, 5) is 25.8. The highest BCUT2D eigenvalue weighted by atomic mass is 32.2. The summed E-state index contributed by atoms with van der Waals surface area (Å²) in [5.41, 5.74) is 2.01. The lowest BCUT2D eigenvalue weighted by molar-refractivity contribution is -0.117. The zero-order valence-electron chi connectivity index (χ0n) is 19.0. The van der Waals surface area contributed by atoms with Crippen LogP contribution in [0.15, 0.2) is 41.3 Å². The molecule has 0 bridgehead atoms. The van der Waals surface area contributed by atoms with Crippen molar-refractivity contribution in [3.05, 3.63) is 42.0 Å². The Balaban J connectivity index is 1.60. The molecule has 33 heavy (non-hydrogen) atoms. The van der Waals surface area contributed by atoms with Crippen molar-refractivity contribution in [2.45, 2.75) is 38.5 Å². The molecule has 0 saturated carbocycles. The second kappa shape index (κ2) is 10.7. The second-order valence-corrected chi connectivity index (χ2v) is 9.20. The maximum absolute atomic E-state index is 12.7. The number of carbonyl (C=O) groups is 2. The second-order valence-electron chi connectivity index (χ2n) is 7.43. The van der Waals surface area contributed by atoms with Gasteiger partial charge in [0, 0.05) is 38.2 Å². The molecule has 9 nitrogen and oxygen atoms in total. The van der Waals surface area contributed by atoms with Gasteiger partial charge < -0.3 is 19.7 Å². The molecule has 2 aromatic rings. The first-order valence-electron chi connectivity index (χ1n) is 10.8. The quantitative estimate of drug-likeness (QED) is 0.546. The van der Waals surface area contributed by atoms with Gasteiger partial charge in [0.25, 0.3) is 0 Å². The molecule has 0 saturated heterocycles. The van der Waals surface area contributed by atoms with Crippen LogP contribution in [0.1, 0.15) is 32.8 Å². The van der Waals surface area contributed by atoms with Gasteiger partial charge in [0.15, 0.2) is 0 Å². The number of nitrogens with zero attached hydrogens (tertiary/aromatic N) is 1. The molecule has 2 aromatic carbocycles. The van der Waals surface area contributed by atoms with Crippen LogP contribution in [-0.4, -0.2) is 46.5 Å². The van der Waals surface area contributed by atoms with E-state index in [4.69, 9.17) is 9.47 Å². The van der Waals surface area contributed by atoms with Crippen molar-refractivity contribution in [3.8, 4) is 11.5 Å². The Morgan fingerprint density at radius 3 is 2.52 bits per heavy atom. The number of rotatable bonds is 10. The third kappa shape index (κ3) is 6.02. The fourth-order valence-corrected chi connectivity index (χ4v) is 4.69. The molecule has 1 heterocycles. The average molecular weight is 476 g/mol. The van der Waals surface area contributed by atoms with Crippen LogP contribution >= 0.6 is 0 Å². The highest BCUT2D eigenvalue weighted by Crippen LogP contribution is 2.31. The van der Waals surface area contributed by atoms with Crippen molar-refractivity contribution in [1.82, 2.24) is 4.72 Å². The maximum Gasteiger partial charge on any atom is 0.240 e. The average Bonchev–Trinajstić information content (AvgIpc) is 3.19. The van der Waals surface area contributed by atoms with Gasteiger partial charge in [0.2, 0.25) is 21.8 Å². The fourth-order valence-electron chi connectivity index (χ4n) is 3.61. The number of ether oxygens (including phenoxy) is 2. The number of amides is 2. The molecule has 1 aliphatic heterocycles. The number of nitrogens with one attached hydrogen (secondary N) is 2. The van der Waals surface area contributed by atoms with E-state index in [0.717, 1.165) is 11.3 Å². The number of fused-ring (bicyclic) bond motifs is 1. The molecule has 178 valence electrons. The molecule has 1 aliphatic rings. The van der Waals surface area contributed by atoms with E-state index >= 15 is 0 Å². The summed E-state index contributed by atoms with van der Waals surface area (Å²) >= 11 is 0. The summed E-state index contributed by atoms with van der Waals surface area (Å²) in [5.74, 6) is 0.663. The smallest absolute Gasteiger partial charge is 0.240 e. The SMILES string of the molecule is CCOc1ccc(OCC)c(NC(=O)CCNS(=O)(=O)c2ccc3c(c2)CCN3C(C)=O)c1. The maximum atomic E-state index is 12.7. The molecule has 2 amide bonds. The zero-order valence-corrected chi connectivity index (χ0v) is 19.8. The van der Waals surface area contributed by atoms with E-state index in [-0.39, 0.29) is 29.7 Å². The molecule has 0 radical (unpaired) electrons. The summed E-state index contributed by atoms with van der Waals surface area (Å²) in [5, 5.41) is 2.75. The number of benzene rings is 2. The van der Waals surface area contributed by atoms with Crippen LogP contribution in [0.2, 0.25) is 0 Å². The summed E-state index contributed by atoms with van der Waals surface area (Å²) in [6, 6.07) is 9.83. The predicted molar refractivity (Wildman–Crippen MR) is 125 cm³/mol. The third-order valence-electron chi connectivity index (χ3n) is 5.12. The van der Waals surface area contributed by atoms with E-state index in [1.54, 1.807) is 35.2 Å². The van der Waals surface area contributed by atoms with Crippen molar-refractivity contribution >= 4 is 33.2 Å². The molecule has 0 aromatic heterocycles.